The Morgan fingerprint density at radius 2 is 1.76 bits per heavy atom. The molecule has 1 amide bonds. The highest BCUT2D eigenvalue weighted by atomic mass is 32.2. The van der Waals surface area contributed by atoms with Crippen molar-refractivity contribution in [1.29, 1.82) is 0 Å². The Bertz CT molecular complexity index is 908. The first-order chi connectivity index (χ1) is 11.9. The summed E-state index contributed by atoms with van der Waals surface area (Å²) in [4.78, 5) is 18.7. The standard InChI is InChI=1S/C18H19N3O3S/c1-25(23,24)20-10-14(11-20)16-12-21(17-5-3-2-4-15(16)17)18(22)13-6-8-19-9-7-13/h2-9,14,16H,10-12H2,1H3/t16-/m0/s1. The lowest BCUT2D eigenvalue weighted by Crippen LogP contribution is -2.52. The minimum Gasteiger partial charge on any atom is -0.307 e. The van der Waals surface area contributed by atoms with Crippen LogP contribution < -0.4 is 4.90 Å². The number of para-hydroxylation sites is 1. The summed E-state index contributed by atoms with van der Waals surface area (Å²) in [5.74, 6) is 0.364. The van der Waals surface area contributed by atoms with Crippen LogP contribution in [0.4, 0.5) is 5.69 Å². The SMILES string of the molecule is CS(=O)(=O)N1CC([C@@H]2CN(C(=O)c3ccncc3)c3ccccc32)C1. The van der Waals surface area contributed by atoms with Gasteiger partial charge in [-0.2, -0.15) is 0 Å². The molecule has 4 rings (SSSR count). The number of fused-ring (bicyclic) bond motifs is 1. The summed E-state index contributed by atoms with van der Waals surface area (Å²) >= 11 is 0. The zero-order chi connectivity index (χ0) is 17.6. The molecule has 1 atom stereocenters. The molecule has 0 unspecified atom stereocenters. The fourth-order valence-corrected chi connectivity index (χ4v) is 4.61. The van der Waals surface area contributed by atoms with Crippen LogP contribution in [0.1, 0.15) is 21.8 Å². The van der Waals surface area contributed by atoms with Crippen LogP contribution in [0, 0.1) is 5.92 Å². The first-order valence-corrected chi connectivity index (χ1v) is 10.1. The summed E-state index contributed by atoms with van der Waals surface area (Å²) in [5, 5.41) is 0. The molecule has 0 radical (unpaired) electrons. The van der Waals surface area contributed by atoms with E-state index < -0.39 is 10.0 Å². The highest BCUT2D eigenvalue weighted by Crippen LogP contribution is 2.44. The number of hydrogen-bond acceptors (Lipinski definition) is 4. The Labute approximate surface area is 147 Å². The van der Waals surface area contributed by atoms with Crippen LogP contribution in [-0.2, 0) is 10.0 Å². The monoisotopic (exact) mass is 357 g/mol. The lowest BCUT2D eigenvalue weighted by atomic mass is 9.84. The van der Waals surface area contributed by atoms with Crippen molar-refractivity contribution in [3.8, 4) is 0 Å². The Kier molecular flexibility index (Phi) is 3.85. The molecule has 6 nitrogen and oxygen atoms in total. The summed E-state index contributed by atoms with van der Waals surface area (Å²) < 4.78 is 24.8. The Morgan fingerprint density at radius 3 is 2.44 bits per heavy atom. The number of carbonyl (C=O) groups is 1. The summed E-state index contributed by atoms with van der Waals surface area (Å²) in [6.45, 7) is 1.63. The van der Waals surface area contributed by atoms with E-state index in [0.717, 1.165) is 11.3 Å². The Morgan fingerprint density at radius 1 is 1.08 bits per heavy atom. The fourth-order valence-electron chi connectivity index (χ4n) is 3.68. The van der Waals surface area contributed by atoms with Gasteiger partial charge in [-0.3, -0.25) is 9.78 Å². The minimum absolute atomic E-state index is 0.0448. The molecule has 0 spiro atoms. The molecule has 1 fully saturated rings. The summed E-state index contributed by atoms with van der Waals surface area (Å²) in [6.07, 6.45) is 4.47. The molecule has 0 bridgehead atoms. The molecule has 2 aliphatic heterocycles. The van der Waals surface area contributed by atoms with Gasteiger partial charge in [-0.1, -0.05) is 18.2 Å². The van der Waals surface area contributed by atoms with Crippen molar-refractivity contribution in [1.82, 2.24) is 9.29 Å². The van der Waals surface area contributed by atoms with E-state index in [1.54, 1.807) is 29.4 Å². The Hall–Kier alpha value is -2.25. The van der Waals surface area contributed by atoms with Gasteiger partial charge in [-0.05, 0) is 29.7 Å². The van der Waals surface area contributed by atoms with Crippen LogP contribution >= 0.6 is 0 Å². The van der Waals surface area contributed by atoms with Gasteiger partial charge in [-0.25, -0.2) is 12.7 Å². The number of benzene rings is 1. The van der Waals surface area contributed by atoms with Gasteiger partial charge in [0.2, 0.25) is 10.0 Å². The number of pyridine rings is 1. The molecule has 1 saturated heterocycles. The number of carbonyl (C=O) groups excluding carboxylic acids is 1. The van der Waals surface area contributed by atoms with E-state index in [0.29, 0.717) is 25.2 Å². The van der Waals surface area contributed by atoms with E-state index in [4.69, 9.17) is 0 Å². The average molecular weight is 357 g/mol. The molecule has 2 aromatic rings. The van der Waals surface area contributed by atoms with Gasteiger partial charge < -0.3 is 4.90 Å². The van der Waals surface area contributed by atoms with Crippen molar-refractivity contribution < 1.29 is 13.2 Å². The number of hydrogen-bond donors (Lipinski definition) is 0. The maximum atomic E-state index is 12.9. The quantitative estimate of drug-likeness (QED) is 0.839. The van der Waals surface area contributed by atoms with Gasteiger partial charge in [0, 0.05) is 49.2 Å². The third kappa shape index (κ3) is 2.83. The third-order valence-corrected chi connectivity index (χ3v) is 6.33. The van der Waals surface area contributed by atoms with Crippen molar-refractivity contribution >= 4 is 21.6 Å². The number of nitrogens with zero attached hydrogens (tertiary/aromatic N) is 3. The largest absolute Gasteiger partial charge is 0.307 e. The molecule has 1 aromatic carbocycles. The van der Waals surface area contributed by atoms with Gasteiger partial charge in [0.15, 0.2) is 0 Å². The zero-order valence-corrected chi connectivity index (χ0v) is 14.7. The summed E-state index contributed by atoms with van der Waals surface area (Å²) in [6, 6.07) is 11.3. The Balaban J connectivity index is 1.60. The third-order valence-electron chi connectivity index (χ3n) is 5.09. The minimum atomic E-state index is -3.13. The maximum absolute atomic E-state index is 12.9. The van der Waals surface area contributed by atoms with E-state index in [9.17, 15) is 13.2 Å². The molecular formula is C18H19N3O3S. The first-order valence-electron chi connectivity index (χ1n) is 8.21. The van der Waals surface area contributed by atoms with E-state index in [-0.39, 0.29) is 17.7 Å². The smallest absolute Gasteiger partial charge is 0.258 e. The molecule has 0 N–H and O–H groups in total. The van der Waals surface area contributed by atoms with Crippen LogP contribution in [0.3, 0.4) is 0 Å². The van der Waals surface area contributed by atoms with Crippen LogP contribution in [0.2, 0.25) is 0 Å². The maximum Gasteiger partial charge on any atom is 0.258 e. The second-order valence-corrected chi connectivity index (χ2v) is 8.64. The zero-order valence-electron chi connectivity index (χ0n) is 13.9. The van der Waals surface area contributed by atoms with Crippen molar-refractivity contribution in [2.45, 2.75) is 5.92 Å². The second-order valence-electron chi connectivity index (χ2n) is 6.66. The van der Waals surface area contributed by atoms with Crippen molar-refractivity contribution in [3.05, 3.63) is 59.9 Å². The number of sulfonamides is 1. The number of aromatic nitrogens is 1. The second kappa shape index (κ2) is 5.93. The average Bonchev–Trinajstić information content (AvgIpc) is 2.92. The molecular weight excluding hydrogens is 338 g/mol. The molecule has 2 aliphatic rings. The lowest BCUT2D eigenvalue weighted by Gasteiger charge is -2.40. The molecule has 130 valence electrons. The molecule has 0 aliphatic carbocycles. The highest BCUT2D eigenvalue weighted by Gasteiger charge is 2.44. The van der Waals surface area contributed by atoms with Crippen molar-refractivity contribution in [2.75, 3.05) is 30.8 Å². The van der Waals surface area contributed by atoms with Gasteiger partial charge in [0.25, 0.3) is 5.91 Å². The van der Waals surface area contributed by atoms with Crippen LogP contribution in [0.25, 0.3) is 0 Å². The van der Waals surface area contributed by atoms with Crippen molar-refractivity contribution in [3.63, 3.8) is 0 Å². The summed E-state index contributed by atoms with van der Waals surface area (Å²) in [5.41, 5.74) is 2.66. The molecule has 3 heterocycles. The van der Waals surface area contributed by atoms with Crippen LogP contribution in [0.5, 0.6) is 0 Å². The predicted molar refractivity (Wildman–Crippen MR) is 95.0 cm³/mol. The lowest BCUT2D eigenvalue weighted by molar-refractivity contribution is 0.0982. The highest BCUT2D eigenvalue weighted by molar-refractivity contribution is 7.88. The van der Waals surface area contributed by atoms with E-state index in [1.165, 1.54) is 10.6 Å². The molecule has 1 aromatic heterocycles. The first kappa shape index (κ1) is 16.2. The number of rotatable bonds is 3. The van der Waals surface area contributed by atoms with Crippen LogP contribution in [-0.4, -0.2) is 49.5 Å². The van der Waals surface area contributed by atoms with Gasteiger partial charge in [-0.15, -0.1) is 0 Å². The number of anilines is 1. The van der Waals surface area contributed by atoms with Gasteiger partial charge in [0.1, 0.15) is 0 Å². The van der Waals surface area contributed by atoms with E-state index in [2.05, 4.69) is 4.98 Å². The predicted octanol–water partition coefficient (Wildman–Crippen LogP) is 1.72. The normalized spacial score (nSPS) is 21.0. The molecule has 7 heteroatoms. The van der Waals surface area contributed by atoms with Gasteiger partial charge in [0.05, 0.1) is 6.26 Å². The van der Waals surface area contributed by atoms with E-state index in [1.807, 2.05) is 24.3 Å². The fraction of sp³-hybridized carbons (Fsp3) is 0.333. The van der Waals surface area contributed by atoms with Gasteiger partial charge >= 0.3 is 0 Å². The molecule has 0 saturated carbocycles. The van der Waals surface area contributed by atoms with E-state index >= 15 is 0 Å². The number of amides is 1. The van der Waals surface area contributed by atoms with Crippen molar-refractivity contribution in [2.24, 2.45) is 5.92 Å². The molecule has 25 heavy (non-hydrogen) atoms. The van der Waals surface area contributed by atoms with Crippen LogP contribution in [0.15, 0.2) is 48.8 Å². The topological polar surface area (TPSA) is 70.6 Å². The summed E-state index contributed by atoms with van der Waals surface area (Å²) in [7, 11) is -3.13.